The van der Waals surface area contributed by atoms with E-state index in [0.29, 0.717) is 13.2 Å². The van der Waals surface area contributed by atoms with Crippen LogP contribution in [0.25, 0.3) is 0 Å². The van der Waals surface area contributed by atoms with E-state index < -0.39 is 0 Å². The number of morpholine rings is 1. The molecular formula is C22H37N5O3. The molecule has 1 aliphatic rings. The van der Waals surface area contributed by atoms with Gasteiger partial charge in [-0.05, 0) is 37.6 Å². The highest BCUT2D eigenvalue weighted by atomic mass is 16.5. The Labute approximate surface area is 180 Å². The first-order chi connectivity index (χ1) is 14.5. The molecule has 0 unspecified atom stereocenters. The summed E-state index contributed by atoms with van der Waals surface area (Å²) in [4.78, 5) is 22.6. The monoisotopic (exact) mass is 419 g/mol. The Morgan fingerprint density at radius 1 is 1.20 bits per heavy atom. The lowest BCUT2D eigenvalue weighted by Crippen LogP contribution is -2.42. The van der Waals surface area contributed by atoms with Gasteiger partial charge in [0.2, 0.25) is 5.91 Å². The molecule has 0 spiro atoms. The van der Waals surface area contributed by atoms with Crippen molar-refractivity contribution in [3.05, 3.63) is 29.8 Å². The molecule has 1 N–H and O–H groups in total. The van der Waals surface area contributed by atoms with Gasteiger partial charge >= 0.3 is 0 Å². The van der Waals surface area contributed by atoms with E-state index in [1.165, 1.54) is 0 Å². The second kappa shape index (κ2) is 13.1. The summed E-state index contributed by atoms with van der Waals surface area (Å²) in [6, 6.07) is 8.08. The van der Waals surface area contributed by atoms with Crippen molar-refractivity contribution in [2.45, 2.75) is 19.9 Å². The smallest absolute Gasteiger partial charge is 0.243 e. The van der Waals surface area contributed by atoms with Crippen LogP contribution in [0.2, 0.25) is 0 Å². The van der Waals surface area contributed by atoms with Gasteiger partial charge in [0.05, 0.1) is 19.8 Å². The van der Waals surface area contributed by atoms with E-state index in [-0.39, 0.29) is 12.5 Å². The first-order valence-electron chi connectivity index (χ1n) is 10.7. The fourth-order valence-electron chi connectivity index (χ4n) is 3.13. The van der Waals surface area contributed by atoms with E-state index >= 15 is 0 Å². The second-order valence-electron chi connectivity index (χ2n) is 7.60. The molecule has 0 bridgehead atoms. The average molecular weight is 420 g/mol. The normalized spacial score (nSPS) is 15.0. The lowest BCUT2D eigenvalue weighted by molar-refractivity contribution is -0.127. The predicted octanol–water partition coefficient (Wildman–Crippen LogP) is 1.27. The first kappa shape index (κ1) is 24.0. The van der Waals surface area contributed by atoms with Crippen molar-refractivity contribution in [1.29, 1.82) is 0 Å². The molecule has 30 heavy (non-hydrogen) atoms. The second-order valence-corrected chi connectivity index (χ2v) is 7.60. The Kier molecular flexibility index (Phi) is 10.4. The molecule has 0 radical (unpaired) electrons. The summed E-state index contributed by atoms with van der Waals surface area (Å²) >= 11 is 0. The van der Waals surface area contributed by atoms with Crippen molar-refractivity contribution in [3.8, 4) is 5.75 Å². The Morgan fingerprint density at radius 2 is 1.90 bits per heavy atom. The zero-order valence-corrected chi connectivity index (χ0v) is 18.9. The molecule has 8 nitrogen and oxygen atoms in total. The first-order valence-corrected chi connectivity index (χ1v) is 10.7. The van der Waals surface area contributed by atoms with Crippen molar-refractivity contribution in [3.63, 3.8) is 0 Å². The largest absolute Gasteiger partial charge is 0.494 e. The van der Waals surface area contributed by atoms with Crippen molar-refractivity contribution in [2.75, 3.05) is 73.7 Å². The summed E-state index contributed by atoms with van der Waals surface area (Å²) in [5.41, 5.74) is 1.16. The molecular weight excluding hydrogens is 382 g/mol. The highest BCUT2D eigenvalue weighted by Crippen LogP contribution is 2.13. The Morgan fingerprint density at radius 3 is 2.53 bits per heavy atom. The molecule has 0 atom stereocenters. The zero-order valence-electron chi connectivity index (χ0n) is 18.9. The fourth-order valence-corrected chi connectivity index (χ4v) is 3.13. The van der Waals surface area contributed by atoms with Crippen LogP contribution < -0.4 is 10.1 Å². The number of ether oxygens (including phenoxy) is 2. The van der Waals surface area contributed by atoms with Gasteiger partial charge in [0.15, 0.2) is 5.96 Å². The van der Waals surface area contributed by atoms with Crippen molar-refractivity contribution < 1.29 is 14.3 Å². The predicted molar refractivity (Wildman–Crippen MR) is 120 cm³/mol. The molecule has 1 aliphatic heterocycles. The minimum absolute atomic E-state index is 0.0166. The van der Waals surface area contributed by atoms with Gasteiger partial charge in [-0.1, -0.05) is 12.1 Å². The van der Waals surface area contributed by atoms with Crippen molar-refractivity contribution in [2.24, 2.45) is 4.99 Å². The summed E-state index contributed by atoms with van der Waals surface area (Å²) < 4.78 is 10.9. The van der Waals surface area contributed by atoms with Gasteiger partial charge in [-0.25, -0.2) is 4.99 Å². The number of hydrogen-bond donors (Lipinski definition) is 1. The number of nitrogens with one attached hydrogen (secondary N) is 1. The Bertz CT molecular complexity index is 657. The van der Waals surface area contributed by atoms with Crippen LogP contribution in [-0.2, 0) is 16.1 Å². The highest BCUT2D eigenvalue weighted by molar-refractivity contribution is 5.84. The standard InChI is InChI=1S/C22H37N5O3/c1-5-30-20-9-7-19(8-10-20)18-26(4)22(24-17-21(28)25(2)3)23-11-6-12-27-13-15-29-16-14-27/h7-10H,5-6,11-18H2,1-4H3,(H,23,24). The van der Waals surface area contributed by atoms with E-state index in [4.69, 9.17) is 9.47 Å². The number of carbonyl (C=O) groups is 1. The topological polar surface area (TPSA) is 69.6 Å². The average Bonchev–Trinajstić information content (AvgIpc) is 2.75. The van der Waals surface area contributed by atoms with E-state index in [9.17, 15) is 4.79 Å². The van der Waals surface area contributed by atoms with Gasteiger partial charge in [-0.3, -0.25) is 9.69 Å². The van der Waals surface area contributed by atoms with Crippen LogP contribution in [0.4, 0.5) is 0 Å². The van der Waals surface area contributed by atoms with Crippen LogP contribution in [0.5, 0.6) is 5.75 Å². The molecule has 0 aromatic heterocycles. The van der Waals surface area contributed by atoms with Gasteiger partial charge in [0, 0.05) is 47.3 Å². The van der Waals surface area contributed by atoms with Crippen LogP contribution in [0.1, 0.15) is 18.9 Å². The molecule has 8 heteroatoms. The van der Waals surface area contributed by atoms with E-state index in [2.05, 4.69) is 27.3 Å². The molecule has 2 rings (SSSR count). The lowest BCUT2D eigenvalue weighted by atomic mass is 10.2. The minimum atomic E-state index is -0.0166. The Balaban J connectivity index is 1.91. The lowest BCUT2D eigenvalue weighted by Gasteiger charge is -2.27. The third-order valence-electron chi connectivity index (χ3n) is 4.92. The molecule has 1 heterocycles. The summed E-state index contributed by atoms with van der Waals surface area (Å²) in [5.74, 6) is 1.59. The van der Waals surface area contributed by atoms with E-state index in [1.807, 2.05) is 31.0 Å². The number of carbonyl (C=O) groups excluding carboxylic acids is 1. The maximum atomic E-state index is 12.0. The van der Waals surface area contributed by atoms with Crippen LogP contribution in [0, 0.1) is 0 Å². The maximum absolute atomic E-state index is 12.0. The minimum Gasteiger partial charge on any atom is -0.494 e. The van der Waals surface area contributed by atoms with Crippen LogP contribution in [0.15, 0.2) is 29.3 Å². The van der Waals surface area contributed by atoms with Gasteiger partial charge < -0.3 is 24.6 Å². The number of guanidine groups is 1. The third-order valence-corrected chi connectivity index (χ3v) is 4.92. The van der Waals surface area contributed by atoms with E-state index in [0.717, 1.165) is 63.1 Å². The number of likely N-dealkylation sites (N-methyl/N-ethyl adjacent to an activating group) is 1. The molecule has 1 amide bonds. The van der Waals surface area contributed by atoms with Gasteiger partial charge in [-0.2, -0.15) is 0 Å². The van der Waals surface area contributed by atoms with Crippen LogP contribution >= 0.6 is 0 Å². The van der Waals surface area contributed by atoms with Gasteiger partial charge in [-0.15, -0.1) is 0 Å². The van der Waals surface area contributed by atoms with Gasteiger partial charge in [0.25, 0.3) is 0 Å². The van der Waals surface area contributed by atoms with Crippen molar-refractivity contribution in [1.82, 2.24) is 20.0 Å². The summed E-state index contributed by atoms with van der Waals surface area (Å²) in [5, 5.41) is 3.43. The summed E-state index contributed by atoms with van der Waals surface area (Å²) in [6.45, 7) is 8.92. The van der Waals surface area contributed by atoms with E-state index in [1.54, 1.807) is 19.0 Å². The molecule has 168 valence electrons. The SMILES string of the molecule is CCOc1ccc(CN(C)C(=NCC(=O)N(C)C)NCCCN2CCOCC2)cc1. The fraction of sp³-hybridized carbons (Fsp3) is 0.636. The maximum Gasteiger partial charge on any atom is 0.243 e. The number of nitrogens with zero attached hydrogens (tertiary/aromatic N) is 4. The number of rotatable bonds is 10. The van der Waals surface area contributed by atoms with Gasteiger partial charge in [0.1, 0.15) is 12.3 Å². The summed E-state index contributed by atoms with van der Waals surface area (Å²) in [7, 11) is 5.48. The van der Waals surface area contributed by atoms with Crippen LogP contribution in [-0.4, -0.2) is 100 Å². The molecule has 1 aromatic rings. The highest BCUT2D eigenvalue weighted by Gasteiger charge is 2.12. The number of benzene rings is 1. The Hall–Kier alpha value is -2.32. The molecule has 0 saturated carbocycles. The zero-order chi connectivity index (χ0) is 21.8. The van der Waals surface area contributed by atoms with Crippen LogP contribution in [0.3, 0.4) is 0 Å². The molecule has 1 saturated heterocycles. The molecule has 1 fully saturated rings. The third kappa shape index (κ3) is 8.59. The molecule has 0 aliphatic carbocycles. The molecule has 1 aromatic carbocycles. The number of amides is 1. The number of aliphatic imine (C=N–C) groups is 1. The quantitative estimate of drug-likeness (QED) is 0.350. The number of hydrogen-bond acceptors (Lipinski definition) is 5. The summed E-state index contributed by atoms with van der Waals surface area (Å²) in [6.07, 6.45) is 1.01. The van der Waals surface area contributed by atoms with Crippen molar-refractivity contribution >= 4 is 11.9 Å².